The number of rotatable bonds is 2. The Bertz CT molecular complexity index is 773. The van der Waals surface area contributed by atoms with Gasteiger partial charge in [-0.15, -0.1) is 0 Å². The average Bonchev–Trinajstić information content (AvgIpc) is 3.14. The van der Waals surface area contributed by atoms with E-state index in [1.165, 1.54) is 0 Å². The molecule has 0 amide bonds. The Labute approximate surface area is 134 Å². The fourth-order valence-electron chi connectivity index (χ4n) is 3.81. The van der Waals surface area contributed by atoms with Gasteiger partial charge in [-0.3, -0.25) is 0 Å². The van der Waals surface area contributed by atoms with E-state index in [1.807, 2.05) is 16.7 Å². The van der Waals surface area contributed by atoms with Crippen molar-refractivity contribution in [2.24, 2.45) is 0 Å². The number of nitrogens with zero attached hydrogens (tertiary/aromatic N) is 3. The molecule has 0 unspecified atom stereocenters. The van der Waals surface area contributed by atoms with Gasteiger partial charge in [0.25, 0.3) is 0 Å². The highest BCUT2D eigenvalue weighted by atomic mass is 16.7. The fourth-order valence-corrected chi connectivity index (χ4v) is 3.81. The molecule has 23 heavy (non-hydrogen) atoms. The van der Waals surface area contributed by atoms with E-state index in [9.17, 15) is 5.11 Å². The standard InChI is InChI=1S/C17H19N3O3/c18-9-13-2-3-14-15(8-13)20(12-19-14)11-16(21)4-1-5-17(10-16)22-6-7-23-17/h2-3,8,12,21H,1,4-7,10-11H2/t16-/m1/s1. The van der Waals surface area contributed by atoms with E-state index < -0.39 is 11.4 Å². The van der Waals surface area contributed by atoms with Crippen LogP contribution in [0.3, 0.4) is 0 Å². The molecule has 6 heteroatoms. The van der Waals surface area contributed by atoms with Gasteiger partial charge in [0.15, 0.2) is 5.79 Å². The second kappa shape index (κ2) is 5.31. The van der Waals surface area contributed by atoms with Crippen LogP contribution in [0, 0.1) is 11.3 Å². The Kier molecular flexibility index (Phi) is 3.38. The van der Waals surface area contributed by atoms with Gasteiger partial charge in [-0.2, -0.15) is 5.26 Å². The largest absolute Gasteiger partial charge is 0.388 e. The minimum absolute atomic E-state index is 0.423. The van der Waals surface area contributed by atoms with Gasteiger partial charge in [0.1, 0.15) is 0 Å². The van der Waals surface area contributed by atoms with E-state index in [0.717, 1.165) is 23.9 Å². The maximum absolute atomic E-state index is 11.1. The van der Waals surface area contributed by atoms with Crippen LogP contribution in [0.25, 0.3) is 11.0 Å². The molecule has 2 fully saturated rings. The van der Waals surface area contributed by atoms with Crippen molar-refractivity contribution in [3.8, 4) is 6.07 Å². The minimum Gasteiger partial charge on any atom is -0.388 e. The molecule has 1 aliphatic carbocycles. The molecule has 1 aromatic carbocycles. The van der Waals surface area contributed by atoms with Crippen LogP contribution < -0.4 is 0 Å². The molecule has 1 aliphatic heterocycles. The molecule has 1 aromatic heterocycles. The first-order valence-corrected chi connectivity index (χ1v) is 7.97. The Hall–Kier alpha value is -1.94. The van der Waals surface area contributed by atoms with Crippen LogP contribution in [0.1, 0.15) is 31.2 Å². The Morgan fingerprint density at radius 1 is 1.30 bits per heavy atom. The van der Waals surface area contributed by atoms with E-state index in [-0.39, 0.29) is 0 Å². The molecule has 1 spiro atoms. The smallest absolute Gasteiger partial charge is 0.171 e. The predicted molar refractivity (Wildman–Crippen MR) is 82.5 cm³/mol. The molecule has 1 N–H and O–H groups in total. The molecule has 0 bridgehead atoms. The summed E-state index contributed by atoms with van der Waals surface area (Å²) in [7, 11) is 0. The zero-order valence-electron chi connectivity index (χ0n) is 12.9. The maximum Gasteiger partial charge on any atom is 0.171 e. The van der Waals surface area contributed by atoms with Gasteiger partial charge in [-0.05, 0) is 31.0 Å². The monoisotopic (exact) mass is 313 g/mol. The van der Waals surface area contributed by atoms with Crippen LogP contribution in [-0.4, -0.2) is 39.3 Å². The lowest BCUT2D eigenvalue weighted by molar-refractivity contribution is -0.220. The zero-order valence-corrected chi connectivity index (χ0v) is 12.9. The van der Waals surface area contributed by atoms with E-state index in [4.69, 9.17) is 14.7 Å². The first kappa shape index (κ1) is 14.6. The quantitative estimate of drug-likeness (QED) is 0.916. The van der Waals surface area contributed by atoms with Crippen molar-refractivity contribution in [3.63, 3.8) is 0 Å². The number of ether oxygens (including phenoxy) is 2. The third-order valence-electron chi connectivity index (χ3n) is 4.83. The molecular weight excluding hydrogens is 294 g/mol. The average molecular weight is 313 g/mol. The molecule has 2 heterocycles. The van der Waals surface area contributed by atoms with Crippen LogP contribution in [0.4, 0.5) is 0 Å². The third-order valence-corrected chi connectivity index (χ3v) is 4.83. The Balaban J connectivity index is 1.63. The van der Waals surface area contributed by atoms with Crippen LogP contribution in [0.5, 0.6) is 0 Å². The van der Waals surface area contributed by atoms with Crippen LogP contribution in [0.2, 0.25) is 0 Å². The van der Waals surface area contributed by atoms with Crippen molar-refractivity contribution in [1.29, 1.82) is 5.26 Å². The molecule has 1 saturated heterocycles. The minimum atomic E-state index is -0.890. The number of aromatic nitrogens is 2. The van der Waals surface area contributed by atoms with E-state index >= 15 is 0 Å². The van der Waals surface area contributed by atoms with E-state index in [2.05, 4.69) is 11.1 Å². The van der Waals surface area contributed by atoms with Crippen molar-refractivity contribution >= 4 is 11.0 Å². The Morgan fingerprint density at radius 3 is 2.91 bits per heavy atom. The van der Waals surface area contributed by atoms with Crippen LogP contribution in [0.15, 0.2) is 24.5 Å². The number of hydrogen-bond donors (Lipinski definition) is 1. The summed E-state index contributed by atoms with van der Waals surface area (Å²) in [5.74, 6) is -0.624. The summed E-state index contributed by atoms with van der Waals surface area (Å²) in [6.07, 6.45) is 4.60. The number of nitriles is 1. The van der Waals surface area contributed by atoms with Crippen LogP contribution in [-0.2, 0) is 16.0 Å². The van der Waals surface area contributed by atoms with Crippen molar-refractivity contribution in [3.05, 3.63) is 30.1 Å². The molecular formula is C17H19N3O3. The number of aliphatic hydroxyl groups is 1. The second-order valence-corrected chi connectivity index (χ2v) is 6.55. The summed E-state index contributed by atoms with van der Waals surface area (Å²) in [5, 5.41) is 20.2. The summed E-state index contributed by atoms with van der Waals surface area (Å²) >= 11 is 0. The zero-order chi connectivity index (χ0) is 15.9. The molecule has 120 valence electrons. The van der Waals surface area contributed by atoms with Gasteiger partial charge in [0, 0.05) is 12.8 Å². The predicted octanol–water partition coefficient (Wildman–Crippen LogP) is 1.96. The first-order chi connectivity index (χ1) is 11.1. The molecule has 1 atom stereocenters. The fraction of sp³-hybridized carbons (Fsp3) is 0.529. The van der Waals surface area contributed by atoms with Gasteiger partial charge >= 0.3 is 0 Å². The molecule has 2 aliphatic rings. The molecule has 4 rings (SSSR count). The number of benzene rings is 1. The first-order valence-electron chi connectivity index (χ1n) is 7.97. The summed E-state index contributed by atoms with van der Waals surface area (Å²) in [6, 6.07) is 7.55. The highest BCUT2D eigenvalue weighted by Gasteiger charge is 2.48. The maximum atomic E-state index is 11.1. The van der Waals surface area contributed by atoms with Crippen LogP contribution >= 0.6 is 0 Å². The molecule has 0 radical (unpaired) electrons. The SMILES string of the molecule is N#Cc1ccc2ncn(C[C@@]3(O)CCCC4(C3)OCCO4)c2c1. The van der Waals surface area contributed by atoms with E-state index in [0.29, 0.717) is 38.2 Å². The normalized spacial score (nSPS) is 26.6. The second-order valence-electron chi connectivity index (χ2n) is 6.55. The Morgan fingerprint density at radius 2 is 2.13 bits per heavy atom. The lowest BCUT2D eigenvalue weighted by Gasteiger charge is -2.41. The van der Waals surface area contributed by atoms with Gasteiger partial charge in [0.05, 0.1) is 54.4 Å². The third kappa shape index (κ3) is 2.61. The van der Waals surface area contributed by atoms with Crippen molar-refractivity contribution < 1.29 is 14.6 Å². The van der Waals surface area contributed by atoms with Crippen molar-refractivity contribution in [2.75, 3.05) is 13.2 Å². The lowest BCUT2D eigenvalue weighted by atomic mass is 9.80. The summed E-state index contributed by atoms with van der Waals surface area (Å²) < 4.78 is 13.5. The topological polar surface area (TPSA) is 80.3 Å². The molecule has 1 saturated carbocycles. The van der Waals surface area contributed by atoms with Crippen molar-refractivity contribution in [2.45, 2.75) is 43.6 Å². The summed E-state index contributed by atoms with van der Waals surface area (Å²) in [6.45, 7) is 1.61. The number of fused-ring (bicyclic) bond motifs is 1. The lowest BCUT2D eigenvalue weighted by Crippen LogP contribution is -2.48. The summed E-state index contributed by atoms with van der Waals surface area (Å²) in [5.41, 5.74) is 1.39. The highest BCUT2D eigenvalue weighted by molar-refractivity contribution is 5.77. The van der Waals surface area contributed by atoms with Gasteiger partial charge in [-0.1, -0.05) is 0 Å². The highest BCUT2D eigenvalue weighted by Crippen LogP contribution is 2.41. The van der Waals surface area contributed by atoms with Gasteiger partial charge < -0.3 is 19.1 Å². The van der Waals surface area contributed by atoms with Gasteiger partial charge in [-0.25, -0.2) is 4.98 Å². The molecule has 6 nitrogen and oxygen atoms in total. The number of hydrogen-bond acceptors (Lipinski definition) is 5. The summed E-state index contributed by atoms with van der Waals surface area (Å²) in [4.78, 5) is 4.36. The van der Waals surface area contributed by atoms with Gasteiger partial charge in [0.2, 0.25) is 0 Å². The molecule has 2 aromatic rings. The number of imidazole rings is 1. The van der Waals surface area contributed by atoms with Crippen molar-refractivity contribution in [1.82, 2.24) is 9.55 Å². The van der Waals surface area contributed by atoms with E-state index in [1.54, 1.807) is 12.4 Å².